The third kappa shape index (κ3) is 6.71. The summed E-state index contributed by atoms with van der Waals surface area (Å²) in [6, 6.07) is 0.498. The molecule has 1 aliphatic heterocycles. The fraction of sp³-hybridized carbons (Fsp3) is 0.938. The summed E-state index contributed by atoms with van der Waals surface area (Å²) in [6.07, 6.45) is 4.14. The van der Waals surface area contributed by atoms with E-state index in [1.807, 2.05) is 11.8 Å². The van der Waals surface area contributed by atoms with Crippen LogP contribution in [-0.2, 0) is 4.79 Å². The van der Waals surface area contributed by atoms with Crippen molar-refractivity contribution in [3.05, 3.63) is 0 Å². The number of nitrogens with one attached hydrogen (secondary N) is 1. The number of piperidine rings is 1. The fourth-order valence-electron chi connectivity index (χ4n) is 2.56. The summed E-state index contributed by atoms with van der Waals surface area (Å²) in [6.45, 7) is 10.9. The number of carbonyl (C=O) groups is 1. The molecule has 0 aliphatic carbocycles. The summed E-state index contributed by atoms with van der Waals surface area (Å²) in [5.74, 6) is 0.289. The van der Waals surface area contributed by atoms with E-state index in [0.29, 0.717) is 12.5 Å². The van der Waals surface area contributed by atoms with Gasteiger partial charge < -0.3 is 15.3 Å². The van der Waals surface area contributed by atoms with Crippen molar-refractivity contribution in [3.63, 3.8) is 0 Å². The molecule has 0 aromatic rings. The third-order valence-corrected chi connectivity index (χ3v) is 3.91. The molecule has 1 atom stereocenters. The van der Waals surface area contributed by atoms with Crippen molar-refractivity contribution in [1.29, 1.82) is 0 Å². The summed E-state index contributed by atoms with van der Waals surface area (Å²) in [4.78, 5) is 14.1. The topological polar surface area (TPSA) is 52.6 Å². The van der Waals surface area contributed by atoms with Gasteiger partial charge in [0.1, 0.15) is 0 Å². The summed E-state index contributed by atoms with van der Waals surface area (Å²) < 4.78 is 0. The number of aliphatic hydroxyl groups excluding tert-OH is 1. The summed E-state index contributed by atoms with van der Waals surface area (Å²) >= 11 is 0. The van der Waals surface area contributed by atoms with Gasteiger partial charge in [-0.2, -0.15) is 0 Å². The zero-order chi connectivity index (χ0) is 15.2. The second-order valence-corrected chi connectivity index (χ2v) is 7.20. The number of nitrogens with zero attached hydrogens (tertiary/aromatic N) is 1. The highest BCUT2D eigenvalue weighted by atomic mass is 16.3. The van der Waals surface area contributed by atoms with E-state index < -0.39 is 0 Å². The first kappa shape index (κ1) is 17.4. The van der Waals surface area contributed by atoms with Crippen LogP contribution in [0.3, 0.4) is 0 Å². The minimum atomic E-state index is -0.184. The molecular weight excluding hydrogens is 252 g/mol. The average Bonchev–Trinajstić information content (AvgIpc) is 2.37. The van der Waals surface area contributed by atoms with Crippen LogP contribution in [0.5, 0.6) is 0 Å². The second-order valence-electron chi connectivity index (χ2n) is 7.20. The van der Waals surface area contributed by atoms with E-state index in [1.165, 1.54) is 0 Å². The zero-order valence-corrected chi connectivity index (χ0v) is 13.6. The van der Waals surface area contributed by atoms with Gasteiger partial charge in [0.25, 0.3) is 0 Å². The molecule has 1 aliphatic rings. The Morgan fingerprint density at radius 1 is 1.35 bits per heavy atom. The van der Waals surface area contributed by atoms with Gasteiger partial charge in [-0.3, -0.25) is 4.79 Å². The Bertz CT molecular complexity index is 291. The molecule has 20 heavy (non-hydrogen) atoms. The number of aliphatic hydroxyl groups is 1. The van der Waals surface area contributed by atoms with Crippen molar-refractivity contribution in [2.75, 3.05) is 19.6 Å². The number of hydrogen-bond acceptors (Lipinski definition) is 3. The molecule has 1 amide bonds. The van der Waals surface area contributed by atoms with Crippen LogP contribution < -0.4 is 5.32 Å². The first-order chi connectivity index (χ1) is 9.31. The highest BCUT2D eigenvalue weighted by molar-refractivity contribution is 5.76. The lowest BCUT2D eigenvalue weighted by molar-refractivity contribution is -0.134. The van der Waals surface area contributed by atoms with Crippen molar-refractivity contribution < 1.29 is 9.90 Å². The molecule has 2 N–H and O–H groups in total. The van der Waals surface area contributed by atoms with Crippen LogP contribution >= 0.6 is 0 Å². The first-order valence-corrected chi connectivity index (χ1v) is 8.01. The van der Waals surface area contributed by atoms with Crippen LogP contribution in [0.4, 0.5) is 0 Å². The van der Waals surface area contributed by atoms with Crippen LogP contribution in [0, 0.1) is 5.41 Å². The minimum Gasteiger partial charge on any atom is -0.393 e. The van der Waals surface area contributed by atoms with Crippen molar-refractivity contribution in [1.82, 2.24) is 10.2 Å². The molecular formula is C16H32N2O2. The molecule has 1 fully saturated rings. The highest BCUT2D eigenvalue weighted by Crippen LogP contribution is 2.21. The van der Waals surface area contributed by atoms with Gasteiger partial charge in [-0.05, 0) is 37.6 Å². The monoisotopic (exact) mass is 284 g/mol. The van der Waals surface area contributed by atoms with Gasteiger partial charge in [-0.1, -0.05) is 27.7 Å². The Morgan fingerprint density at radius 2 is 1.95 bits per heavy atom. The molecule has 0 spiro atoms. The van der Waals surface area contributed by atoms with E-state index >= 15 is 0 Å². The Kier molecular flexibility index (Phi) is 6.96. The molecule has 1 rings (SSSR count). The molecule has 4 heteroatoms. The molecule has 0 saturated carbocycles. The molecule has 1 unspecified atom stereocenters. The Balaban J connectivity index is 2.21. The molecule has 1 saturated heterocycles. The second kappa shape index (κ2) is 7.99. The van der Waals surface area contributed by atoms with Crippen LogP contribution in [0.15, 0.2) is 0 Å². The van der Waals surface area contributed by atoms with Gasteiger partial charge in [0.15, 0.2) is 0 Å². The van der Waals surface area contributed by atoms with Crippen LogP contribution in [0.1, 0.15) is 59.8 Å². The zero-order valence-electron chi connectivity index (χ0n) is 13.6. The standard InChI is InChI=1S/C16H32N2O2/c1-5-14(19)6-9-17-13-7-10-18(11-8-13)15(20)12-16(2,3)4/h13-14,17,19H,5-12H2,1-4H3. The maximum Gasteiger partial charge on any atom is 0.223 e. The fourth-order valence-corrected chi connectivity index (χ4v) is 2.56. The number of rotatable bonds is 6. The summed E-state index contributed by atoms with van der Waals surface area (Å²) in [5, 5.41) is 13.0. The van der Waals surface area contributed by atoms with E-state index in [1.54, 1.807) is 0 Å². The lowest BCUT2D eigenvalue weighted by Crippen LogP contribution is -2.46. The molecule has 1 heterocycles. The minimum absolute atomic E-state index is 0.0719. The van der Waals surface area contributed by atoms with E-state index in [-0.39, 0.29) is 17.4 Å². The van der Waals surface area contributed by atoms with Gasteiger partial charge in [-0.25, -0.2) is 0 Å². The highest BCUT2D eigenvalue weighted by Gasteiger charge is 2.25. The van der Waals surface area contributed by atoms with Gasteiger partial charge in [0, 0.05) is 25.6 Å². The van der Waals surface area contributed by atoms with Crippen molar-refractivity contribution >= 4 is 5.91 Å². The predicted molar refractivity (Wildman–Crippen MR) is 82.6 cm³/mol. The molecule has 4 nitrogen and oxygen atoms in total. The van der Waals surface area contributed by atoms with E-state index in [4.69, 9.17) is 0 Å². The SMILES string of the molecule is CCC(O)CCNC1CCN(C(=O)CC(C)(C)C)CC1. The first-order valence-electron chi connectivity index (χ1n) is 8.01. The molecule has 0 aromatic heterocycles. The van der Waals surface area contributed by atoms with Crippen molar-refractivity contribution in [3.8, 4) is 0 Å². The maximum atomic E-state index is 12.1. The predicted octanol–water partition coefficient (Wildman–Crippen LogP) is 2.16. The van der Waals surface area contributed by atoms with E-state index in [0.717, 1.165) is 45.3 Å². The van der Waals surface area contributed by atoms with E-state index in [2.05, 4.69) is 26.1 Å². The van der Waals surface area contributed by atoms with E-state index in [9.17, 15) is 9.90 Å². The normalized spacial score (nSPS) is 19.1. The Hall–Kier alpha value is -0.610. The average molecular weight is 284 g/mol. The quantitative estimate of drug-likeness (QED) is 0.786. The smallest absolute Gasteiger partial charge is 0.223 e. The van der Waals surface area contributed by atoms with Crippen molar-refractivity contribution in [2.24, 2.45) is 5.41 Å². The van der Waals surface area contributed by atoms with Gasteiger partial charge in [-0.15, -0.1) is 0 Å². The summed E-state index contributed by atoms with van der Waals surface area (Å²) in [7, 11) is 0. The number of carbonyl (C=O) groups excluding carboxylic acids is 1. The summed E-state index contributed by atoms with van der Waals surface area (Å²) in [5.41, 5.74) is 0.0719. The molecule has 0 radical (unpaired) electrons. The van der Waals surface area contributed by atoms with Gasteiger partial charge in [0.05, 0.1) is 6.10 Å². The van der Waals surface area contributed by atoms with Crippen molar-refractivity contribution in [2.45, 2.75) is 71.9 Å². The lowest BCUT2D eigenvalue weighted by Gasteiger charge is -2.34. The van der Waals surface area contributed by atoms with Crippen LogP contribution in [0.25, 0.3) is 0 Å². The third-order valence-electron chi connectivity index (χ3n) is 3.91. The maximum absolute atomic E-state index is 12.1. The molecule has 118 valence electrons. The number of hydrogen-bond donors (Lipinski definition) is 2. The lowest BCUT2D eigenvalue weighted by atomic mass is 9.91. The van der Waals surface area contributed by atoms with Crippen LogP contribution in [-0.4, -0.2) is 47.7 Å². The van der Waals surface area contributed by atoms with Gasteiger partial charge in [0.2, 0.25) is 5.91 Å². The largest absolute Gasteiger partial charge is 0.393 e. The van der Waals surface area contributed by atoms with Gasteiger partial charge >= 0.3 is 0 Å². The molecule has 0 bridgehead atoms. The number of likely N-dealkylation sites (tertiary alicyclic amines) is 1. The van der Waals surface area contributed by atoms with Crippen LogP contribution in [0.2, 0.25) is 0 Å². The number of amides is 1. The Labute approximate surface area is 123 Å². The Morgan fingerprint density at radius 3 is 2.45 bits per heavy atom. The molecule has 0 aromatic carbocycles.